The molecule has 0 bridgehead atoms. The van der Waals surface area contributed by atoms with Crippen molar-refractivity contribution >= 4 is 24.0 Å². The first kappa shape index (κ1) is 20.9. The summed E-state index contributed by atoms with van der Waals surface area (Å²) in [6.07, 6.45) is -1.94. The number of ether oxygens (including phenoxy) is 3. The molecule has 0 spiro atoms. The standard InChI is InChI=1S/C19H23N3O6/c1-5-27-18(24)21-15(12-16(23)26-4)13(3)20-17(14-10-8-7-9-11-14)22(21)19(25)28-6-2/h7-11H,5-6,12H2,1-4H3. The number of carbonyl (C=O) groups is 3. The molecule has 1 aromatic carbocycles. The van der Waals surface area contributed by atoms with Crippen LogP contribution in [-0.4, -0.2) is 54.3 Å². The molecular weight excluding hydrogens is 366 g/mol. The Hall–Kier alpha value is -3.36. The lowest BCUT2D eigenvalue weighted by Crippen LogP contribution is -2.55. The monoisotopic (exact) mass is 389 g/mol. The maximum atomic E-state index is 12.7. The maximum Gasteiger partial charge on any atom is 0.435 e. The molecule has 0 unspecified atom stereocenters. The van der Waals surface area contributed by atoms with E-state index >= 15 is 0 Å². The van der Waals surface area contributed by atoms with Crippen molar-refractivity contribution < 1.29 is 28.6 Å². The van der Waals surface area contributed by atoms with Crippen LogP contribution < -0.4 is 0 Å². The molecule has 9 nitrogen and oxygen atoms in total. The SMILES string of the molecule is CCOC(=O)N1C(c2ccccc2)=NC(C)=C(CC(=O)OC)N1C(=O)OCC. The molecule has 9 heteroatoms. The fourth-order valence-corrected chi connectivity index (χ4v) is 2.55. The summed E-state index contributed by atoms with van der Waals surface area (Å²) in [7, 11) is 1.23. The van der Waals surface area contributed by atoms with Gasteiger partial charge in [-0.05, 0) is 20.8 Å². The molecule has 0 aliphatic carbocycles. The van der Waals surface area contributed by atoms with Gasteiger partial charge in [0.05, 0.1) is 38.1 Å². The Kier molecular flexibility index (Phi) is 7.14. The third-order valence-electron chi connectivity index (χ3n) is 3.80. The number of methoxy groups -OCH3 is 1. The molecule has 0 aromatic heterocycles. The average molecular weight is 389 g/mol. The Morgan fingerprint density at radius 1 is 0.964 bits per heavy atom. The first-order valence-electron chi connectivity index (χ1n) is 8.78. The molecule has 0 N–H and O–H groups in total. The summed E-state index contributed by atoms with van der Waals surface area (Å²) in [6.45, 7) is 5.08. The van der Waals surface area contributed by atoms with E-state index in [1.165, 1.54) is 7.11 Å². The smallest absolute Gasteiger partial charge is 0.435 e. The summed E-state index contributed by atoms with van der Waals surface area (Å²) in [5.41, 5.74) is 1.12. The van der Waals surface area contributed by atoms with Gasteiger partial charge in [-0.25, -0.2) is 14.6 Å². The van der Waals surface area contributed by atoms with Gasteiger partial charge >= 0.3 is 18.2 Å². The molecule has 0 saturated heterocycles. The van der Waals surface area contributed by atoms with E-state index in [0.717, 1.165) is 10.0 Å². The number of rotatable bonds is 5. The number of aliphatic imine (C=N–C) groups is 1. The number of carbonyl (C=O) groups excluding carboxylic acids is 3. The van der Waals surface area contributed by atoms with Crippen LogP contribution in [0.4, 0.5) is 9.59 Å². The average Bonchev–Trinajstić information content (AvgIpc) is 2.69. The van der Waals surface area contributed by atoms with Crippen molar-refractivity contribution in [1.82, 2.24) is 10.0 Å². The molecule has 0 radical (unpaired) electrons. The largest absolute Gasteiger partial charge is 0.469 e. The summed E-state index contributed by atoms with van der Waals surface area (Å²) in [5.74, 6) is -0.413. The van der Waals surface area contributed by atoms with E-state index < -0.39 is 18.2 Å². The van der Waals surface area contributed by atoms with Gasteiger partial charge in [0, 0.05) is 5.56 Å². The zero-order chi connectivity index (χ0) is 20.7. The number of amidine groups is 1. The van der Waals surface area contributed by atoms with Crippen LogP contribution in [0.5, 0.6) is 0 Å². The number of esters is 1. The summed E-state index contributed by atoms with van der Waals surface area (Å²) < 4.78 is 14.9. The third kappa shape index (κ3) is 4.48. The minimum absolute atomic E-state index is 0.0777. The minimum atomic E-state index is -0.836. The normalized spacial score (nSPS) is 13.8. The zero-order valence-electron chi connectivity index (χ0n) is 16.3. The molecule has 28 heavy (non-hydrogen) atoms. The Morgan fingerprint density at radius 3 is 2.07 bits per heavy atom. The van der Waals surface area contributed by atoms with Gasteiger partial charge in [-0.3, -0.25) is 4.79 Å². The van der Waals surface area contributed by atoms with Gasteiger partial charge in [0.15, 0.2) is 5.84 Å². The first-order chi connectivity index (χ1) is 13.4. The van der Waals surface area contributed by atoms with Crippen LogP contribution in [0.15, 0.2) is 46.7 Å². The highest BCUT2D eigenvalue weighted by Gasteiger charge is 2.40. The molecule has 1 aliphatic heterocycles. The number of hydrogen-bond donors (Lipinski definition) is 0. The fraction of sp³-hybridized carbons (Fsp3) is 0.368. The summed E-state index contributed by atoms with van der Waals surface area (Å²) in [5, 5.41) is 1.95. The highest BCUT2D eigenvalue weighted by atomic mass is 16.6. The predicted molar refractivity (Wildman–Crippen MR) is 100 cm³/mol. The van der Waals surface area contributed by atoms with Crippen LogP contribution in [0.1, 0.15) is 32.8 Å². The number of hydrazine groups is 1. The van der Waals surface area contributed by atoms with Crippen molar-refractivity contribution in [3.63, 3.8) is 0 Å². The maximum absolute atomic E-state index is 12.7. The van der Waals surface area contributed by atoms with Crippen molar-refractivity contribution in [3.8, 4) is 0 Å². The molecule has 1 aromatic rings. The van der Waals surface area contributed by atoms with Crippen LogP contribution in [0, 0.1) is 0 Å². The number of benzene rings is 1. The van der Waals surface area contributed by atoms with Gasteiger partial charge in [0.25, 0.3) is 0 Å². The predicted octanol–water partition coefficient (Wildman–Crippen LogP) is 3.07. The minimum Gasteiger partial charge on any atom is -0.469 e. The van der Waals surface area contributed by atoms with Crippen molar-refractivity contribution in [2.75, 3.05) is 20.3 Å². The van der Waals surface area contributed by atoms with E-state index in [0.29, 0.717) is 11.3 Å². The molecule has 0 saturated carbocycles. The Balaban J connectivity index is 2.65. The van der Waals surface area contributed by atoms with Gasteiger partial charge in [-0.1, -0.05) is 30.3 Å². The molecule has 1 aliphatic rings. The Morgan fingerprint density at radius 2 is 1.54 bits per heavy atom. The van der Waals surface area contributed by atoms with Crippen LogP contribution in [0.3, 0.4) is 0 Å². The number of hydrogen-bond acceptors (Lipinski definition) is 7. The fourth-order valence-electron chi connectivity index (χ4n) is 2.55. The van der Waals surface area contributed by atoms with E-state index in [1.54, 1.807) is 45.0 Å². The van der Waals surface area contributed by atoms with Crippen molar-refractivity contribution in [1.29, 1.82) is 0 Å². The summed E-state index contributed by atoms with van der Waals surface area (Å²) >= 11 is 0. The Bertz CT molecular complexity index is 803. The Labute approximate surface area is 163 Å². The van der Waals surface area contributed by atoms with Crippen LogP contribution >= 0.6 is 0 Å². The first-order valence-corrected chi connectivity index (χ1v) is 8.78. The lowest BCUT2D eigenvalue weighted by Gasteiger charge is -2.37. The van der Waals surface area contributed by atoms with Crippen molar-refractivity contribution in [2.24, 2.45) is 4.99 Å². The molecule has 0 fully saturated rings. The van der Waals surface area contributed by atoms with Gasteiger partial charge in [-0.2, -0.15) is 10.0 Å². The van der Waals surface area contributed by atoms with Gasteiger partial charge in [-0.15, -0.1) is 0 Å². The second-order valence-corrected chi connectivity index (χ2v) is 5.61. The van der Waals surface area contributed by atoms with Gasteiger partial charge in [0.1, 0.15) is 0 Å². The number of allylic oxidation sites excluding steroid dienone is 1. The summed E-state index contributed by atoms with van der Waals surface area (Å²) in [4.78, 5) is 41.8. The number of nitrogens with zero attached hydrogens (tertiary/aromatic N) is 3. The molecule has 2 rings (SSSR count). The molecule has 1 heterocycles. The van der Waals surface area contributed by atoms with E-state index in [4.69, 9.17) is 14.2 Å². The van der Waals surface area contributed by atoms with Crippen LogP contribution in [0.2, 0.25) is 0 Å². The van der Waals surface area contributed by atoms with Crippen molar-refractivity contribution in [3.05, 3.63) is 47.3 Å². The highest BCUT2D eigenvalue weighted by molar-refractivity contribution is 6.08. The topological polar surface area (TPSA) is 97.7 Å². The lowest BCUT2D eigenvalue weighted by atomic mass is 10.1. The highest BCUT2D eigenvalue weighted by Crippen LogP contribution is 2.28. The quantitative estimate of drug-likeness (QED) is 0.567. The van der Waals surface area contributed by atoms with Gasteiger partial charge < -0.3 is 14.2 Å². The third-order valence-corrected chi connectivity index (χ3v) is 3.80. The molecule has 0 atom stereocenters. The molecule has 2 amide bonds. The summed E-state index contributed by atoms with van der Waals surface area (Å²) in [6, 6.07) is 8.86. The second kappa shape index (κ2) is 9.54. The van der Waals surface area contributed by atoms with Crippen LogP contribution in [-0.2, 0) is 19.0 Å². The molecular formula is C19H23N3O6. The number of amides is 2. The van der Waals surface area contributed by atoms with E-state index in [1.807, 2.05) is 6.07 Å². The van der Waals surface area contributed by atoms with E-state index in [9.17, 15) is 14.4 Å². The molecule has 150 valence electrons. The second-order valence-electron chi connectivity index (χ2n) is 5.61. The van der Waals surface area contributed by atoms with E-state index in [2.05, 4.69) is 4.99 Å². The van der Waals surface area contributed by atoms with Crippen LogP contribution in [0.25, 0.3) is 0 Å². The van der Waals surface area contributed by atoms with E-state index in [-0.39, 0.29) is 31.2 Å². The lowest BCUT2D eigenvalue weighted by molar-refractivity contribution is -0.140. The van der Waals surface area contributed by atoms with Gasteiger partial charge in [0.2, 0.25) is 0 Å². The zero-order valence-corrected chi connectivity index (χ0v) is 16.3. The van der Waals surface area contributed by atoms with Crippen molar-refractivity contribution in [2.45, 2.75) is 27.2 Å².